The predicted molar refractivity (Wildman–Crippen MR) is 164 cm³/mol. The minimum atomic E-state index is -0.305. The number of aromatic nitrogens is 3. The molecule has 1 atom stereocenters. The van der Waals surface area contributed by atoms with Gasteiger partial charge in [-0.3, -0.25) is 9.36 Å². The third-order valence-electron chi connectivity index (χ3n) is 6.40. The molecule has 0 radical (unpaired) electrons. The van der Waals surface area contributed by atoms with Crippen LogP contribution in [0.15, 0.2) is 90.0 Å². The van der Waals surface area contributed by atoms with Crippen molar-refractivity contribution in [1.29, 1.82) is 0 Å². The standard InChI is InChI=1S/C31H30Cl2N4O3/c1-6-7-9-12-20(3)35-31-34-17-22-15-23(26-27(32)24(39-4)16-25(40-5)28(26)33)30(38)37(29(22)36-31)18-19(2)21-13-10-8-11-14-21/h6-17,19H,1,18H2,2-5H3,(H,34,35,36)/b9-7-,20-12+. The molecular weight excluding hydrogens is 547 g/mol. The summed E-state index contributed by atoms with van der Waals surface area (Å²) in [5.41, 5.74) is 2.69. The monoisotopic (exact) mass is 576 g/mol. The first-order chi connectivity index (χ1) is 19.3. The van der Waals surface area contributed by atoms with Crippen LogP contribution in [-0.2, 0) is 6.54 Å². The van der Waals surface area contributed by atoms with Crippen LogP contribution in [0.4, 0.5) is 5.95 Å². The Morgan fingerprint density at radius 1 is 1.10 bits per heavy atom. The summed E-state index contributed by atoms with van der Waals surface area (Å²) < 4.78 is 12.5. The molecule has 2 aromatic heterocycles. The van der Waals surface area contributed by atoms with Crippen LogP contribution in [0, 0.1) is 0 Å². The number of hydrogen-bond acceptors (Lipinski definition) is 6. The van der Waals surface area contributed by atoms with Gasteiger partial charge in [0.1, 0.15) is 17.1 Å². The van der Waals surface area contributed by atoms with Crippen LogP contribution in [-0.4, -0.2) is 28.8 Å². The molecule has 1 N–H and O–H groups in total. The molecule has 206 valence electrons. The van der Waals surface area contributed by atoms with Crippen LogP contribution >= 0.6 is 23.2 Å². The molecule has 0 aliphatic rings. The maximum absolute atomic E-state index is 14.2. The molecule has 0 fully saturated rings. The van der Waals surface area contributed by atoms with E-state index in [2.05, 4.69) is 23.8 Å². The number of nitrogens with one attached hydrogen (secondary N) is 1. The second-order valence-electron chi connectivity index (χ2n) is 9.14. The molecule has 4 aromatic rings. The average Bonchev–Trinajstić information content (AvgIpc) is 2.96. The van der Waals surface area contributed by atoms with E-state index in [9.17, 15) is 4.79 Å². The summed E-state index contributed by atoms with van der Waals surface area (Å²) in [6.07, 6.45) is 8.92. The second kappa shape index (κ2) is 12.9. The number of hydrogen-bond donors (Lipinski definition) is 1. The van der Waals surface area contributed by atoms with Crippen molar-refractivity contribution in [2.75, 3.05) is 19.5 Å². The Hall–Kier alpha value is -4.07. The Balaban J connectivity index is 1.95. The van der Waals surface area contributed by atoms with Gasteiger partial charge in [-0.1, -0.05) is 85.3 Å². The summed E-state index contributed by atoms with van der Waals surface area (Å²) in [6.45, 7) is 7.99. The lowest BCUT2D eigenvalue weighted by molar-refractivity contribution is 0.395. The quantitative estimate of drug-likeness (QED) is 0.195. The molecule has 0 amide bonds. The Labute approximate surface area is 243 Å². The van der Waals surface area contributed by atoms with Crippen molar-refractivity contribution in [2.45, 2.75) is 26.3 Å². The third kappa shape index (κ3) is 6.06. The summed E-state index contributed by atoms with van der Waals surface area (Å²) in [4.78, 5) is 23.4. The topological polar surface area (TPSA) is 78.3 Å². The summed E-state index contributed by atoms with van der Waals surface area (Å²) in [7, 11) is 2.98. The van der Waals surface area contributed by atoms with Crippen LogP contribution in [0.1, 0.15) is 25.3 Å². The van der Waals surface area contributed by atoms with Crippen molar-refractivity contribution in [3.05, 3.63) is 111 Å². The molecule has 2 aromatic carbocycles. The maximum Gasteiger partial charge on any atom is 0.260 e. The first-order valence-corrected chi connectivity index (χ1v) is 13.3. The number of fused-ring (bicyclic) bond motifs is 1. The van der Waals surface area contributed by atoms with Crippen LogP contribution < -0.4 is 20.3 Å². The highest BCUT2D eigenvalue weighted by Crippen LogP contribution is 2.45. The number of nitrogens with zero attached hydrogens (tertiary/aromatic N) is 3. The minimum absolute atomic E-state index is 0.000173. The first-order valence-electron chi connectivity index (χ1n) is 12.6. The van der Waals surface area contributed by atoms with E-state index in [1.54, 1.807) is 29.0 Å². The van der Waals surface area contributed by atoms with Crippen molar-refractivity contribution in [2.24, 2.45) is 0 Å². The smallest absolute Gasteiger partial charge is 0.260 e. The summed E-state index contributed by atoms with van der Waals surface area (Å²) in [5, 5.41) is 4.24. The molecule has 0 saturated heterocycles. The number of ether oxygens (including phenoxy) is 2. The lowest BCUT2D eigenvalue weighted by Crippen LogP contribution is -2.25. The Morgan fingerprint density at radius 3 is 2.40 bits per heavy atom. The van der Waals surface area contributed by atoms with Gasteiger partial charge in [0.15, 0.2) is 0 Å². The molecule has 9 heteroatoms. The zero-order valence-electron chi connectivity index (χ0n) is 22.7. The van der Waals surface area contributed by atoms with Crippen LogP contribution in [0.3, 0.4) is 0 Å². The van der Waals surface area contributed by atoms with Gasteiger partial charge in [0, 0.05) is 35.5 Å². The molecule has 0 saturated carbocycles. The SMILES string of the molecule is C=C/C=C\C=C(/C)Nc1ncc2cc(-c3c(Cl)c(OC)cc(OC)c3Cl)c(=O)n(CC(C)c3ccccc3)c2n1. The van der Waals surface area contributed by atoms with E-state index < -0.39 is 0 Å². The van der Waals surface area contributed by atoms with E-state index in [0.29, 0.717) is 40.6 Å². The fraction of sp³-hybridized carbons (Fsp3) is 0.194. The van der Waals surface area contributed by atoms with Gasteiger partial charge in [-0.15, -0.1) is 0 Å². The van der Waals surface area contributed by atoms with Gasteiger partial charge in [0.2, 0.25) is 5.95 Å². The predicted octanol–water partition coefficient (Wildman–Crippen LogP) is 7.64. The molecule has 4 rings (SSSR count). The van der Waals surface area contributed by atoms with Crippen molar-refractivity contribution >= 4 is 40.2 Å². The lowest BCUT2D eigenvalue weighted by atomic mass is 10.0. The molecule has 0 spiro atoms. The average molecular weight is 578 g/mol. The van der Waals surface area contributed by atoms with Gasteiger partial charge in [-0.2, -0.15) is 4.98 Å². The van der Waals surface area contributed by atoms with Gasteiger partial charge < -0.3 is 14.8 Å². The fourth-order valence-electron chi connectivity index (χ4n) is 4.35. The molecule has 0 bridgehead atoms. The van der Waals surface area contributed by atoms with E-state index in [1.807, 2.05) is 55.5 Å². The van der Waals surface area contributed by atoms with E-state index >= 15 is 0 Å². The zero-order valence-corrected chi connectivity index (χ0v) is 24.3. The van der Waals surface area contributed by atoms with Gasteiger partial charge in [-0.25, -0.2) is 4.98 Å². The fourth-order valence-corrected chi connectivity index (χ4v) is 5.05. The van der Waals surface area contributed by atoms with Crippen LogP contribution in [0.2, 0.25) is 10.0 Å². The van der Waals surface area contributed by atoms with Crippen LogP contribution in [0.25, 0.3) is 22.2 Å². The molecule has 0 aliphatic carbocycles. The van der Waals surface area contributed by atoms with E-state index in [4.69, 9.17) is 37.7 Å². The third-order valence-corrected chi connectivity index (χ3v) is 7.15. The highest BCUT2D eigenvalue weighted by Gasteiger charge is 2.24. The number of methoxy groups -OCH3 is 2. The number of rotatable bonds is 10. The number of allylic oxidation sites excluding steroid dienone is 5. The largest absolute Gasteiger partial charge is 0.495 e. The summed E-state index contributed by atoms with van der Waals surface area (Å²) in [6, 6.07) is 13.3. The molecule has 7 nitrogen and oxygen atoms in total. The number of anilines is 1. The Kier molecular flexibility index (Phi) is 9.30. The number of halogens is 2. The van der Waals surface area contributed by atoms with Gasteiger partial charge >= 0.3 is 0 Å². The molecule has 40 heavy (non-hydrogen) atoms. The highest BCUT2D eigenvalue weighted by atomic mass is 35.5. The maximum atomic E-state index is 14.2. The molecule has 1 unspecified atom stereocenters. The van der Waals surface area contributed by atoms with E-state index in [0.717, 1.165) is 11.3 Å². The van der Waals surface area contributed by atoms with Gasteiger partial charge in [0.05, 0.1) is 29.8 Å². The number of pyridine rings is 1. The van der Waals surface area contributed by atoms with Crippen molar-refractivity contribution in [3.8, 4) is 22.6 Å². The zero-order chi connectivity index (χ0) is 28.8. The number of benzene rings is 2. The summed E-state index contributed by atoms with van der Waals surface area (Å²) >= 11 is 13.4. The van der Waals surface area contributed by atoms with Gasteiger partial charge in [-0.05, 0) is 30.5 Å². The normalized spacial score (nSPS) is 12.5. The molecule has 0 aliphatic heterocycles. The van der Waals surface area contributed by atoms with Crippen molar-refractivity contribution < 1.29 is 9.47 Å². The first kappa shape index (κ1) is 28.9. The van der Waals surface area contributed by atoms with E-state index in [-0.39, 0.29) is 27.1 Å². The Bertz CT molecular complexity index is 1640. The van der Waals surface area contributed by atoms with E-state index in [1.165, 1.54) is 14.2 Å². The minimum Gasteiger partial charge on any atom is -0.495 e. The van der Waals surface area contributed by atoms with Gasteiger partial charge in [0.25, 0.3) is 5.56 Å². The summed E-state index contributed by atoms with van der Waals surface area (Å²) in [5.74, 6) is 1.04. The Morgan fingerprint density at radius 2 is 1.77 bits per heavy atom. The molecular formula is C31H30Cl2N4O3. The lowest BCUT2D eigenvalue weighted by Gasteiger charge is -2.19. The van der Waals surface area contributed by atoms with Crippen molar-refractivity contribution in [3.63, 3.8) is 0 Å². The van der Waals surface area contributed by atoms with Crippen LogP contribution in [0.5, 0.6) is 11.5 Å². The second-order valence-corrected chi connectivity index (χ2v) is 9.89. The highest BCUT2D eigenvalue weighted by molar-refractivity contribution is 6.41. The van der Waals surface area contributed by atoms with Crippen molar-refractivity contribution in [1.82, 2.24) is 14.5 Å². The molecule has 2 heterocycles.